The number of hydrogen-bond donors (Lipinski definition) is 5. The van der Waals surface area contributed by atoms with Crippen molar-refractivity contribution in [3.8, 4) is 0 Å². The normalized spacial score (nSPS) is 15.9. The first-order valence-corrected chi connectivity index (χ1v) is 16.8. The first kappa shape index (κ1) is 43.8. The van der Waals surface area contributed by atoms with Crippen molar-refractivity contribution in [3.05, 3.63) is 0 Å². The lowest BCUT2D eigenvalue weighted by Crippen LogP contribution is -2.49. The number of carbonyl (C=O) groups excluding carboxylic acids is 3. The third kappa shape index (κ3) is 26.3. The molecule has 0 aromatic rings. The van der Waals surface area contributed by atoms with Gasteiger partial charge in [-0.15, -0.1) is 0 Å². The monoisotopic (exact) mass is 704 g/mol. The van der Waals surface area contributed by atoms with Crippen molar-refractivity contribution in [2.24, 2.45) is 0 Å². The summed E-state index contributed by atoms with van der Waals surface area (Å²) >= 11 is 0. The highest BCUT2D eigenvalue weighted by Gasteiger charge is 2.21. The lowest BCUT2D eigenvalue weighted by Gasteiger charge is -2.32. The molecular weight excluding hydrogens is 648 g/mol. The molecule has 0 spiro atoms. The third-order valence-corrected chi connectivity index (χ3v) is 7.40. The van der Waals surface area contributed by atoms with Crippen LogP contribution >= 0.6 is 0 Å². The second kappa shape index (κ2) is 27.5. The maximum absolute atomic E-state index is 12.7. The predicted octanol–water partition coefficient (Wildman–Crippen LogP) is -2.11. The van der Waals surface area contributed by atoms with Crippen molar-refractivity contribution in [2.75, 3.05) is 131 Å². The summed E-state index contributed by atoms with van der Waals surface area (Å²) in [5.41, 5.74) is 0. The van der Waals surface area contributed by atoms with Gasteiger partial charge in [0, 0.05) is 91.5 Å². The predicted molar refractivity (Wildman–Crippen MR) is 176 cm³/mol. The smallest absolute Gasteiger partial charge is 0.317 e. The van der Waals surface area contributed by atoms with Gasteiger partial charge in [0.1, 0.15) is 5.78 Å². The molecule has 1 heterocycles. The third-order valence-electron chi connectivity index (χ3n) is 7.40. The molecule has 1 rings (SSSR count). The summed E-state index contributed by atoms with van der Waals surface area (Å²) in [6, 6.07) is 0. The van der Waals surface area contributed by atoms with Crippen LogP contribution in [0.2, 0.25) is 0 Å². The number of ketones is 1. The zero-order valence-corrected chi connectivity index (χ0v) is 28.8. The Morgan fingerprint density at radius 3 is 1.16 bits per heavy atom. The number of carbonyl (C=O) groups is 6. The van der Waals surface area contributed by atoms with Crippen LogP contribution in [0, 0.1) is 0 Å². The van der Waals surface area contributed by atoms with Crippen LogP contribution in [0.5, 0.6) is 0 Å². The van der Waals surface area contributed by atoms with Gasteiger partial charge in [0.15, 0.2) is 0 Å². The van der Waals surface area contributed by atoms with Crippen LogP contribution in [0.25, 0.3) is 0 Å². The maximum atomic E-state index is 12.7. The first-order chi connectivity index (χ1) is 23.4. The highest BCUT2D eigenvalue weighted by molar-refractivity contribution is 5.83. The Bertz CT molecular complexity index is 972. The Morgan fingerprint density at radius 1 is 0.490 bits per heavy atom. The molecule has 0 aromatic carbocycles. The number of nitrogens with zero attached hydrogens (tertiary/aromatic N) is 4. The molecule has 0 unspecified atom stereocenters. The summed E-state index contributed by atoms with van der Waals surface area (Å²) in [7, 11) is 0. The topological polar surface area (TPSA) is 228 Å². The largest absolute Gasteiger partial charge is 0.480 e. The molecule has 0 atom stereocenters. The Hall–Kier alpha value is -3.26. The highest BCUT2D eigenvalue weighted by Crippen LogP contribution is 2.02. The lowest BCUT2D eigenvalue weighted by atomic mass is 10.2. The number of nitrogens with one attached hydrogen (secondary N) is 2. The van der Waals surface area contributed by atoms with Gasteiger partial charge in [-0.1, -0.05) is 0 Å². The van der Waals surface area contributed by atoms with Gasteiger partial charge in [0.2, 0.25) is 11.8 Å². The standard InChI is InChI=1S/C31H56N6O12/c1-26(38)4-5-27(39)32-6-2-16-47-18-20-49-21-19-48-17-3-7-33-28(40)22-34-8-10-35(23-29(41)42)12-14-37(25-31(45)46)15-13-36(11-9-34)24-30(43)44/h2-25H2,1H3,(H,32,39)(H,33,40)(H,41,42)(H,43,44)(H,45,46). The van der Waals surface area contributed by atoms with Crippen molar-refractivity contribution >= 4 is 35.5 Å². The summed E-state index contributed by atoms with van der Waals surface area (Å²) in [4.78, 5) is 76.3. The van der Waals surface area contributed by atoms with E-state index >= 15 is 0 Å². The van der Waals surface area contributed by atoms with Gasteiger partial charge in [-0.05, 0) is 19.8 Å². The van der Waals surface area contributed by atoms with Crippen LogP contribution in [0.15, 0.2) is 0 Å². The molecule has 0 radical (unpaired) electrons. The van der Waals surface area contributed by atoms with Gasteiger partial charge < -0.3 is 45.0 Å². The zero-order chi connectivity index (χ0) is 36.3. The molecule has 1 aliphatic rings. The van der Waals surface area contributed by atoms with Crippen molar-refractivity contribution in [2.45, 2.75) is 32.6 Å². The van der Waals surface area contributed by atoms with Crippen LogP contribution in [-0.2, 0) is 43.0 Å². The average molecular weight is 705 g/mol. The number of amides is 2. The van der Waals surface area contributed by atoms with Gasteiger partial charge in [-0.25, -0.2) is 0 Å². The number of carboxylic acid groups (broad SMARTS) is 3. The van der Waals surface area contributed by atoms with Crippen LogP contribution < -0.4 is 10.6 Å². The van der Waals surface area contributed by atoms with E-state index in [1.807, 2.05) is 4.90 Å². The quantitative estimate of drug-likeness (QED) is 0.0641. The van der Waals surface area contributed by atoms with E-state index in [0.29, 0.717) is 118 Å². The molecule has 2 amide bonds. The van der Waals surface area contributed by atoms with Crippen LogP contribution in [-0.4, -0.2) is 202 Å². The molecule has 18 nitrogen and oxygen atoms in total. The SMILES string of the molecule is CC(=O)CCC(=O)NCCCOCCOCCOCCCNC(=O)CN1CCN(CC(=O)O)CCN(CC(=O)O)CCN(CC(=O)O)CC1. The molecule has 1 saturated heterocycles. The highest BCUT2D eigenvalue weighted by atomic mass is 16.5. The van der Waals surface area contributed by atoms with E-state index < -0.39 is 17.9 Å². The number of aliphatic carboxylic acids is 3. The number of carboxylic acids is 3. The Morgan fingerprint density at radius 2 is 0.816 bits per heavy atom. The minimum absolute atomic E-state index is 0.0108. The average Bonchev–Trinajstić information content (AvgIpc) is 3.02. The summed E-state index contributed by atoms with van der Waals surface area (Å²) in [6.45, 7) is 6.88. The molecule has 0 aliphatic carbocycles. The molecule has 0 saturated carbocycles. The number of ether oxygens (including phenoxy) is 3. The molecule has 5 N–H and O–H groups in total. The maximum Gasteiger partial charge on any atom is 0.317 e. The fourth-order valence-electron chi connectivity index (χ4n) is 4.77. The number of hydrogen-bond acceptors (Lipinski definition) is 13. The van der Waals surface area contributed by atoms with E-state index in [1.54, 1.807) is 14.7 Å². The Balaban J connectivity index is 2.30. The molecule has 282 valence electrons. The van der Waals surface area contributed by atoms with Gasteiger partial charge in [-0.3, -0.25) is 43.6 Å². The molecule has 1 fully saturated rings. The second-order valence-corrected chi connectivity index (χ2v) is 11.7. The van der Waals surface area contributed by atoms with E-state index in [1.165, 1.54) is 6.92 Å². The summed E-state index contributed by atoms with van der Waals surface area (Å²) in [6.07, 6.45) is 1.71. The summed E-state index contributed by atoms with van der Waals surface area (Å²) in [5, 5.41) is 33.6. The molecule has 0 aromatic heterocycles. The van der Waals surface area contributed by atoms with Gasteiger partial charge in [-0.2, -0.15) is 0 Å². The summed E-state index contributed by atoms with van der Waals surface area (Å²) in [5.74, 6) is -3.40. The van der Waals surface area contributed by atoms with Crippen LogP contribution in [0.3, 0.4) is 0 Å². The minimum Gasteiger partial charge on any atom is -0.480 e. The van der Waals surface area contributed by atoms with Gasteiger partial charge in [0.25, 0.3) is 0 Å². The fourth-order valence-corrected chi connectivity index (χ4v) is 4.77. The Kier molecular flexibility index (Phi) is 24.6. The fraction of sp³-hybridized carbons (Fsp3) is 0.806. The van der Waals surface area contributed by atoms with Gasteiger partial charge >= 0.3 is 17.9 Å². The number of Topliss-reactive ketones (excluding diaryl/α,β-unsaturated/α-hetero) is 1. The second-order valence-electron chi connectivity index (χ2n) is 11.7. The number of rotatable bonds is 25. The molecule has 0 bridgehead atoms. The summed E-state index contributed by atoms with van der Waals surface area (Å²) < 4.78 is 16.5. The lowest BCUT2D eigenvalue weighted by molar-refractivity contribution is -0.140. The molecular formula is C31H56N6O12. The molecule has 1 aliphatic heterocycles. The minimum atomic E-state index is -1.02. The molecule has 49 heavy (non-hydrogen) atoms. The van der Waals surface area contributed by atoms with E-state index in [-0.39, 0.29) is 56.6 Å². The van der Waals surface area contributed by atoms with E-state index in [9.17, 15) is 44.1 Å². The zero-order valence-electron chi connectivity index (χ0n) is 28.8. The van der Waals surface area contributed by atoms with Crippen molar-refractivity contribution in [1.29, 1.82) is 0 Å². The van der Waals surface area contributed by atoms with Crippen molar-refractivity contribution in [3.63, 3.8) is 0 Å². The van der Waals surface area contributed by atoms with E-state index in [2.05, 4.69) is 10.6 Å². The van der Waals surface area contributed by atoms with Gasteiger partial charge in [0.05, 0.1) is 52.6 Å². The van der Waals surface area contributed by atoms with Crippen molar-refractivity contribution < 1.29 is 58.3 Å². The van der Waals surface area contributed by atoms with E-state index in [0.717, 1.165) is 0 Å². The Labute approximate surface area is 288 Å². The molecule has 18 heteroatoms. The first-order valence-electron chi connectivity index (χ1n) is 16.8. The van der Waals surface area contributed by atoms with Crippen LogP contribution in [0.1, 0.15) is 32.6 Å². The van der Waals surface area contributed by atoms with Crippen molar-refractivity contribution in [1.82, 2.24) is 30.2 Å². The van der Waals surface area contributed by atoms with Crippen LogP contribution in [0.4, 0.5) is 0 Å². The van der Waals surface area contributed by atoms with E-state index in [4.69, 9.17) is 14.2 Å².